The number of hydrogen-bond acceptors (Lipinski definition) is 3. The first-order chi connectivity index (χ1) is 12.5. The summed E-state index contributed by atoms with van der Waals surface area (Å²) < 4.78 is 0. The molecule has 2 amide bonds. The summed E-state index contributed by atoms with van der Waals surface area (Å²) in [5.41, 5.74) is 2.15. The van der Waals surface area contributed by atoms with Crippen molar-refractivity contribution in [2.75, 3.05) is 16.8 Å². The molecule has 1 aliphatic heterocycles. The molecule has 1 heterocycles. The maximum atomic E-state index is 13.1. The number of rotatable bonds is 4. The first-order valence-electron chi connectivity index (χ1n) is 8.84. The molecule has 5 heteroatoms. The van der Waals surface area contributed by atoms with Crippen LogP contribution in [-0.2, 0) is 16.0 Å². The van der Waals surface area contributed by atoms with Gasteiger partial charge in [0.15, 0.2) is 5.78 Å². The van der Waals surface area contributed by atoms with Crippen LogP contribution in [0.5, 0.6) is 0 Å². The van der Waals surface area contributed by atoms with Crippen molar-refractivity contribution in [2.24, 2.45) is 5.41 Å². The summed E-state index contributed by atoms with van der Waals surface area (Å²) in [6.45, 7) is 2.10. The van der Waals surface area contributed by atoms with Gasteiger partial charge in [-0.1, -0.05) is 30.3 Å². The number of fused-ring (bicyclic) bond motifs is 1. The Labute approximate surface area is 152 Å². The van der Waals surface area contributed by atoms with E-state index in [0.29, 0.717) is 30.6 Å². The van der Waals surface area contributed by atoms with E-state index in [1.165, 1.54) is 6.92 Å². The van der Waals surface area contributed by atoms with Gasteiger partial charge in [0.25, 0.3) is 0 Å². The van der Waals surface area contributed by atoms with Gasteiger partial charge in [-0.05, 0) is 49.9 Å². The molecule has 0 spiro atoms. The van der Waals surface area contributed by atoms with Crippen molar-refractivity contribution in [1.29, 1.82) is 0 Å². The van der Waals surface area contributed by atoms with Crippen molar-refractivity contribution < 1.29 is 14.4 Å². The van der Waals surface area contributed by atoms with Crippen LogP contribution < -0.4 is 10.2 Å². The summed E-state index contributed by atoms with van der Waals surface area (Å²) in [6, 6.07) is 14.6. The van der Waals surface area contributed by atoms with Gasteiger partial charge in [-0.2, -0.15) is 0 Å². The van der Waals surface area contributed by atoms with E-state index in [-0.39, 0.29) is 17.6 Å². The average Bonchev–Trinajstić information content (AvgIpc) is 3.35. The second kappa shape index (κ2) is 6.09. The Kier molecular flexibility index (Phi) is 3.87. The lowest BCUT2D eigenvalue weighted by atomic mass is 10.0. The predicted molar refractivity (Wildman–Crippen MR) is 99.2 cm³/mol. The quantitative estimate of drug-likeness (QED) is 0.682. The Balaban J connectivity index is 1.54. The minimum Gasteiger partial charge on any atom is -0.325 e. The van der Waals surface area contributed by atoms with E-state index in [1.54, 1.807) is 29.2 Å². The highest BCUT2D eigenvalue weighted by Gasteiger charge is 2.58. The smallest absolute Gasteiger partial charge is 0.242 e. The second-order valence-electron chi connectivity index (χ2n) is 7.01. The van der Waals surface area contributed by atoms with E-state index >= 15 is 0 Å². The van der Waals surface area contributed by atoms with E-state index < -0.39 is 5.41 Å². The zero-order valence-corrected chi connectivity index (χ0v) is 14.6. The largest absolute Gasteiger partial charge is 0.325 e. The normalized spacial score (nSPS) is 16.7. The molecule has 1 aliphatic carbocycles. The number of nitrogens with zero attached hydrogens (tertiary/aromatic N) is 1. The summed E-state index contributed by atoms with van der Waals surface area (Å²) in [5.74, 6) is -0.470. The molecule has 26 heavy (non-hydrogen) atoms. The molecule has 0 unspecified atom stereocenters. The van der Waals surface area contributed by atoms with Gasteiger partial charge >= 0.3 is 0 Å². The molecule has 0 saturated heterocycles. The van der Waals surface area contributed by atoms with E-state index in [4.69, 9.17) is 0 Å². The zero-order valence-electron chi connectivity index (χ0n) is 14.6. The summed E-state index contributed by atoms with van der Waals surface area (Å²) in [4.78, 5) is 39.2. The molecule has 1 saturated carbocycles. The first kappa shape index (κ1) is 16.5. The highest BCUT2D eigenvalue weighted by Crippen LogP contribution is 2.49. The van der Waals surface area contributed by atoms with E-state index in [2.05, 4.69) is 5.32 Å². The van der Waals surface area contributed by atoms with Crippen molar-refractivity contribution in [3.8, 4) is 0 Å². The topological polar surface area (TPSA) is 66.5 Å². The van der Waals surface area contributed by atoms with Gasteiger partial charge in [-0.15, -0.1) is 0 Å². The molecule has 0 radical (unpaired) electrons. The molecule has 0 bridgehead atoms. The molecule has 2 aromatic rings. The highest BCUT2D eigenvalue weighted by molar-refractivity contribution is 6.18. The second-order valence-corrected chi connectivity index (χ2v) is 7.01. The molecule has 132 valence electrons. The van der Waals surface area contributed by atoms with Crippen LogP contribution in [0.15, 0.2) is 48.5 Å². The van der Waals surface area contributed by atoms with Gasteiger partial charge in [-0.3, -0.25) is 14.4 Å². The molecule has 4 rings (SSSR count). The van der Waals surface area contributed by atoms with Crippen LogP contribution in [0.3, 0.4) is 0 Å². The lowest BCUT2D eigenvalue weighted by molar-refractivity contribution is -0.132. The van der Waals surface area contributed by atoms with Crippen LogP contribution in [0.4, 0.5) is 11.4 Å². The van der Waals surface area contributed by atoms with Crippen molar-refractivity contribution in [1.82, 2.24) is 0 Å². The fraction of sp³-hybridized carbons (Fsp3) is 0.286. The van der Waals surface area contributed by atoms with Crippen LogP contribution in [0, 0.1) is 5.41 Å². The van der Waals surface area contributed by atoms with E-state index in [0.717, 1.165) is 17.7 Å². The van der Waals surface area contributed by atoms with Crippen molar-refractivity contribution in [3.63, 3.8) is 0 Å². The fourth-order valence-corrected chi connectivity index (χ4v) is 3.54. The SMILES string of the molecule is CC(=O)c1cccc(NC(=O)C2(C(=O)N3CCc4ccccc43)CC2)c1. The van der Waals surface area contributed by atoms with E-state index in [1.807, 2.05) is 24.3 Å². The minimum absolute atomic E-state index is 0.0630. The van der Waals surface area contributed by atoms with Crippen molar-refractivity contribution >= 4 is 29.0 Å². The Morgan fingerprint density at radius 2 is 1.81 bits per heavy atom. The summed E-state index contributed by atoms with van der Waals surface area (Å²) in [5, 5.41) is 2.83. The Hall–Kier alpha value is -2.95. The van der Waals surface area contributed by atoms with Gasteiger partial charge in [0.1, 0.15) is 5.41 Å². The number of carbonyl (C=O) groups is 3. The number of benzene rings is 2. The van der Waals surface area contributed by atoms with E-state index in [9.17, 15) is 14.4 Å². The molecule has 1 fully saturated rings. The van der Waals surface area contributed by atoms with Crippen LogP contribution in [0.1, 0.15) is 35.7 Å². The van der Waals surface area contributed by atoms with Gasteiger partial charge in [-0.25, -0.2) is 0 Å². The lowest BCUT2D eigenvalue weighted by Gasteiger charge is -2.23. The summed E-state index contributed by atoms with van der Waals surface area (Å²) >= 11 is 0. The number of para-hydroxylation sites is 1. The number of ketones is 1. The van der Waals surface area contributed by atoms with Crippen LogP contribution in [-0.4, -0.2) is 24.1 Å². The van der Waals surface area contributed by atoms with Crippen LogP contribution in [0.25, 0.3) is 0 Å². The fourth-order valence-electron chi connectivity index (χ4n) is 3.54. The molecular weight excluding hydrogens is 328 g/mol. The van der Waals surface area contributed by atoms with Gasteiger partial charge in [0.2, 0.25) is 11.8 Å². The monoisotopic (exact) mass is 348 g/mol. The number of amides is 2. The third kappa shape index (κ3) is 2.69. The third-order valence-corrected chi connectivity index (χ3v) is 5.25. The molecule has 2 aliphatic rings. The molecule has 5 nitrogen and oxygen atoms in total. The minimum atomic E-state index is -0.982. The van der Waals surface area contributed by atoms with Crippen LogP contribution >= 0.6 is 0 Å². The number of anilines is 2. The number of carbonyl (C=O) groups excluding carboxylic acids is 3. The predicted octanol–water partition coefficient (Wildman–Crippen LogP) is 3.20. The third-order valence-electron chi connectivity index (χ3n) is 5.25. The number of Topliss-reactive ketones (excluding diaryl/α,β-unsaturated/α-hetero) is 1. The van der Waals surface area contributed by atoms with Crippen molar-refractivity contribution in [3.05, 3.63) is 59.7 Å². The summed E-state index contributed by atoms with van der Waals surface area (Å²) in [6.07, 6.45) is 1.94. The summed E-state index contributed by atoms with van der Waals surface area (Å²) in [7, 11) is 0. The average molecular weight is 348 g/mol. The van der Waals surface area contributed by atoms with Gasteiger partial charge in [0.05, 0.1) is 0 Å². The first-order valence-corrected chi connectivity index (χ1v) is 8.84. The van der Waals surface area contributed by atoms with Crippen LogP contribution in [0.2, 0.25) is 0 Å². The highest BCUT2D eigenvalue weighted by atomic mass is 16.2. The maximum absolute atomic E-state index is 13.1. The van der Waals surface area contributed by atoms with Gasteiger partial charge in [0, 0.05) is 23.5 Å². The number of nitrogens with one attached hydrogen (secondary N) is 1. The van der Waals surface area contributed by atoms with Gasteiger partial charge < -0.3 is 10.2 Å². The Morgan fingerprint density at radius 1 is 1.04 bits per heavy atom. The Bertz CT molecular complexity index is 915. The maximum Gasteiger partial charge on any atom is 0.242 e. The molecule has 0 aromatic heterocycles. The molecule has 0 atom stereocenters. The molecular formula is C21H20N2O3. The lowest BCUT2D eigenvalue weighted by Crippen LogP contribution is -2.42. The van der Waals surface area contributed by atoms with Crippen molar-refractivity contribution in [2.45, 2.75) is 26.2 Å². The zero-order chi connectivity index (χ0) is 18.3. The molecule has 1 N–H and O–H groups in total. The molecule has 2 aromatic carbocycles. The Morgan fingerprint density at radius 3 is 2.54 bits per heavy atom. The standard InChI is InChI=1S/C21H20N2O3/c1-14(24)16-6-4-7-17(13-16)22-19(25)21(10-11-21)20(26)23-12-9-15-5-2-3-8-18(15)23/h2-8,13H,9-12H2,1H3,(H,22,25). The number of hydrogen-bond donors (Lipinski definition) is 1.